The van der Waals surface area contributed by atoms with Gasteiger partial charge < -0.3 is 5.73 Å². The Morgan fingerprint density at radius 3 is 2.53 bits per heavy atom. The van der Waals surface area contributed by atoms with Crippen molar-refractivity contribution in [2.24, 2.45) is 5.73 Å². The van der Waals surface area contributed by atoms with Crippen LogP contribution in [0.4, 0.5) is 13.2 Å². The van der Waals surface area contributed by atoms with Gasteiger partial charge in [-0.3, -0.25) is 0 Å². The minimum absolute atomic E-state index is 0.137. The minimum Gasteiger partial charge on any atom is -0.326 e. The molecule has 0 saturated carbocycles. The average Bonchev–Trinajstić information content (AvgIpc) is 2.76. The molecule has 2 N–H and O–H groups in total. The summed E-state index contributed by atoms with van der Waals surface area (Å²) in [7, 11) is -3.90. The first-order valence-electron chi connectivity index (χ1n) is 5.64. The van der Waals surface area contributed by atoms with Crippen molar-refractivity contribution in [2.45, 2.75) is 23.5 Å². The number of benzene rings is 1. The molecular weight excluding hydrogens is 281 g/mol. The Morgan fingerprint density at radius 1 is 1.32 bits per heavy atom. The molecule has 1 aliphatic heterocycles. The fourth-order valence-electron chi connectivity index (χ4n) is 1.95. The number of hydrogen-bond donors (Lipinski definition) is 1. The van der Waals surface area contributed by atoms with Crippen LogP contribution in [0.2, 0.25) is 0 Å². The largest absolute Gasteiger partial charge is 0.416 e. The van der Waals surface area contributed by atoms with Gasteiger partial charge in [0.2, 0.25) is 10.0 Å². The van der Waals surface area contributed by atoms with E-state index in [1.807, 2.05) is 0 Å². The molecule has 0 aliphatic carbocycles. The predicted molar refractivity (Wildman–Crippen MR) is 62.8 cm³/mol. The Morgan fingerprint density at radius 2 is 2.00 bits per heavy atom. The zero-order valence-corrected chi connectivity index (χ0v) is 10.7. The van der Waals surface area contributed by atoms with E-state index in [1.54, 1.807) is 0 Å². The molecule has 0 bridgehead atoms. The molecule has 4 nitrogen and oxygen atoms in total. The van der Waals surface area contributed by atoms with Gasteiger partial charge in [0, 0.05) is 19.1 Å². The molecule has 1 atom stereocenters. The number of rotatable bonds is 2. The van der Waals surface area contributed by atoms with Gasteiger partial charge in [-0.2, -0.15) is 17.5 Å². The minimum atomic E-state index is -4.56. The average molecular weight is 294 g/mol. The number of sulfonamides is 1. The first-order chi connectivity index (χ1) is 8.71. The Kier molecular flexibility index (Phi) is 3.59. The summed E-state index contributed by atoms with van der Waals surface area (Å²) >= 11 is 0. The normalized spacial score (nSPS) is 21.8. The lowest BCUT2D eigenvalue weighted by atomic mass is 10.2. The van der Waals surface area contributed by atoms with Crippen LogP contribution < -0.4 is 5.73 Å². The summed E-state index contributed by atoms with van der Waals surface area (Å²) in [6, 6.07) is 3.48. The molecule has 1 saturated heterocycles. The van der Waals surface area contributed by atoms with E-state index in [0.29, 0.717) is 12.5 Å². The second kappa shape index (κ2) is 4.77. The monoisotopic (exact) mass is 294 g/mol. The first-order valence-corrected chi connectivity index (χ1v) is 7.08. The maximum absolute atomic E-state index is 12.6. The highest BCUT2D eigenvalue weighted by molar-refractivity contribution is 7.89. The third kappa shape index (κ3) is 2.90. The molecule has 106 valence electrons. The highest BCUT2D eigenvalue weighted by Crippen LogP contribution is 2.31. The fourth-order valence-corrected chi connectivity index (χ4v) is 3.51. The second-order valence-corrected chi connectivity index (χ2v) is 6.38. The zero-order chi connectivity index (χ0) is 14.3. The van der Waals surface area contributed by atoms with Gasteiger partial charge in [-0.15, -0.1) is 0 Å². The zero-order valence-electron chi connectivity index (χ0n) is 9.89. The summed E-state index contributed by atoms with van der Waals surface area (Å²) in [4.78, 5) is -0.351. The van der Waals surface area contributed by atoms with Crippen molar-refractivity contribution >= 4 is 10.0 Å². The van der Waals surface area contributed by atoms with E-state index >= 15 is 0 Å². The number of halogens is 3. The van der Waals surface area contributed by atoms with Gasteiger partial charge >= 0.3 is 6.18 Å². The van der Waals surface area contributed by atoms with Gasteiger partial charge in [-0.25, -0.2) is 8.42 Å². The molecule has 1 heterocycles. The molecule has 0 radical (unpaired) electrons. The first kappa shape index (κ1) is 14.3. The molecule has 1 fully saturated rings. The second-order valence-electron chi connectivity index (χ2n) is 4.44. The van der Waals surface area contributed by atoms with Crippen molar-refractivity contribution in [1.82, 2.24) is 4.31 Å². The Labute approximate surface area is 109 Å². The highest BCUT2D eigenvalue weighted by Gasteiger charge is 2.34. The molecule has 1 aromatic carbocycles. The Hall–Kier alpha value is -1.12. The van der Waals surface area contributed by atoms with E-state index in [9.17, 15) is 21.6 Å². The van der Waals surface area contributed by atoms with Gasteiger partial charge in [0.1, 0.15) is 0 Å². The van der Waals surface area contributed by atoms with Crippen LogP contribution in [0.1, 0.15) is 12.0 Å². The SMILES string of the molecule is N[C@@H]1CCN(S(=O)(=O)c2cccc(C(F)(F)F)c2)C1. The van der Waals surface area contributed by atoms with Crippen molar-refractivity contribution in [3.05, 3.63) is 29.8 Å². The van der Waals surface area contributed by atoms with Crippen LogP contribution in [0.5, 0.6) is 0 Å². The van der Waals surface area contributed by atoms with Gasteiger partial charge in [-0.05, 0) is 24.6 Å². The number of nitrogens with two attached hydrogens (primary N) is 1. The fraction of sp³-hybridized carbons (Fsp3) is 0.455. The standard InChI is InChI=1S/C11H13F3N2O2S/c12-11(13,14)8-2-1-3-10(6-8)19(17,18)16-5-4-9(15)7-16/h1-3,6,9H,4-5,7,15H2/t9-/m1/s1. The van der Waals surface area contributed by atoms with E-state index in [0.717, 1.165) is 22.5 Å². The van der Waals surface area contributed by atoms with Gasteiger partial charge in [0.25, 0.3) is 0 Å². The molecule has 2 rings (SSSR count). The van der Waals surface area contributed by atoms with Crippen LogP contribution in [-0.2, 0) is 16.2 Å². The summed E-state index contributed by atoms with van der Waals surface area (Å²) in [6.45, 7) is 0.373. The van der Waals surface area contributed by atoms with Crippen LogP contribution in [0, 0.1) is 0 Å². The van der Waals surface area contributed by atoms with Crippen molar-refractivity contribution in [2.75, 3.05) is 13.1 Å². The van der Waals surface area contributed by atoms with Crippen LogP contribution >= 0.6 is 0 Å². The lowest BCUT2D eigenvalue weighted by Crippen LogP contribution is -2.32. The maximum atomic E-state index is 12.6. The van der Waals surface area contributed by atoms with Gasteiger partial charge in [0.15, 0.2) is 0 Å². The topological polar surface area (TPSA) is 63.4 Å². The molecule has 0 amide bonds. The summed E-state index contributed by atoms with van der Waals surface area (Å²) in [5.74, 6) is 0. The molecule has 0 unspecified atom stereocenters. The van der Waals surface area contributed by atoms with E-state index in [4.69, 9.17) is 5.73 Å². The molecule has 0 aromatic heterocycles. The third-order valence-electron chi connectivity index (χ3n) is 2.99. The lowest BCUT2D eigenvalue weighted by Gasteiger charge is -2.17. The van der Waals surface area contributed by atoms with Crippen LogP contribution in [0.3, 0.4) is 0 Å². The van der Waals surface area contributed by atoms with Crippen molar-refractivity contribution in [3.63, 3.8) is 0 Å². The lowest BCUT2D eigenvalue weighted by molar-refractivity contribution is -0.137. The summed E-state index contributed by atoms with van der Waals surface area (Å²) < 4.78 is 63.1. The number of nitrogens with zero attached hydrogens (tertiary/aromatic N) is 1. The number of hydrogen-bond acceptors (Lipinski definition) is 3. The third-order valence-corrected chi connectivity index (χ3v) is 4.85. The van der Waals surface area contributed by atoms with E-state index < -0.39 is 21.8 Å². The quantitative estimate of drug-likeness (QED) is 0.897. The molecule has 0 spiro atoms. The van der Waals surface area contributed by atoms with E-state index in [2.05, 4.69) is 0 Å². The van der Waals surface area contributed by atoms with Crippen LogP contribution in [-0.4, -0.2) is 31.9 Å². The van der Waals surface area contributed by atoms with Gasteiger partial charge in [-0.1, -0.05) is 6.07 Å². The van der Waals surface area contributed by atoms with Crippen LogP contribution in [0.25, 0.3) is 0 Å². The molecule has 1 aromatic rings. The van der Waals surface area contributed by atoms with E-state index in [1.165, 1.54) is 0 Å². The van der Waals surface area contributed by atoms with E-state index in [-0.39, 0.29) is 24.0 Å². The molecular formula is C11H13F3N2O2S. The summed E-state index contributed by atoms with van der Waals surface area (Å²) in [6.07, 6.45) is -4.05. The molecule has 19 heavy (non-hydrogen) atoms. The Bertz CT molecular complexity index is 572. The van der Waals surface area contributed by atoms with Crippen molar-refractivity contribution in [3.8, 4) is 0 Å². The summed E-state index contributed by atoms with van der Waals surface area (Å²) in [5.41, 5.74) is 4.64. The smallest absolute Gasteiger partial charge is 0.326 e. The number of alkyl halides is 3. The Balaban J connectivity index is 2.36. The highest BCUT2D eigenvalue weighted by atomic mass is 32.2. The van der Waals surface area contributed by atoms with Crippen LogP contribution in [0.15, 0.2) is 29.2 Å². The molecule has 1 aliphatic rings. The molecule has 8 heteroatoms. The maximum Gasteiger partial charge on any atom is 0.416 e. The van der Waals surface area contributed by atoms with Crippen molar-refractivity contribution in [1.29, 1.82) is 0 Å². The van der Waals surface area contributed by atoms with Crippen molar-refractivity contribution < 1.29 is 21.6 Å². The van der Waals surface area contributed by atoms with Gasteiger partial charge in [0.05, 0.1) is 10.5 Å². The predicted octanol–water partition coefficient (Wildman–Crippen LogP) is 1.43. The summed E-state index contributed by atoms with van der Waals surface area (Å²) in [5, 5.41) is 0.